The largest absolute Gasteiger partial charge is 0.389 e. The number of hydrogen-bond donors (Lipinski definition) is 2. The molecule has 2 rings (SSSR count). The Morgan fingerprint density at radius 3 is 2.35 bits per heavy atom. The molecule has 3 N–H and O–H groups in total. The van der Waals surface area contributed by atoms with Crippen molar-refractivity contribution in [1.29, 1.82) is 0 Å². The summed E-state index contributed by atoms with van der Waals surface area (Å²) in [5.74, 6) is 0. The molecule has 0 bridgehead atoms. The quantitative estimate of drug-likeness (QED) is 0.847. The van der Waals surface area contributed by atoms with Crippen molar-refractivity contribution in [3.05, 3.63) is 58.6 Å². The summed E-state index contributed by atoms with van der Waals surface area (Å²) in [6.45, 7) is 0. The lowest BCUT2D eigenvalue weighted by molar-refractivity contribution is 1.51. The van der Waals surface area contributed by atoms with E-state index < -0.39 is 0 Å². The van der Waals surface area contributed by atoms with Crippen molar-refractivity contribution in [2.24, 2.45) is 5.73 Å². The van der Waals surface area contributed by atoms with Crippen molar-refractivity contribution in [1.82, 2.24) is 0 Å². The minimum atomic E-state index is 0.394. The van der Waals surface area contributed by atoms with Gasteiger partial charge in [0.25, 0.3) is 0 Å². The second-order valence-corrected chi connectivity index (χ2v) is 4.90. The van der Waals surface area contributed by atoms with Gasteiger partial charge >= 0.3 is 0 Å². The molecular formula is C13H11BrN2S. The second-order valence-electron chi connectivity index (χ2n) is 3.54. The van der Waals surface area contributed by atoms with Crippen LogP contribution in [0.4, 0.5) is 11.4 Å². The van der Waals surface area contributed by atoms with Gasteiger partial charge in [0, 0.05) is 21.4 Å². The number of anilines is 2. The van der Waals surface area contributed by atoms with Gasteiger partial charge in [0.1, 0.15) is 4.99 Å². The number of hydrogen-bond acceptors (Lipinski definition) is 2. The molecule has 0 unspecified atom stereocenters. The van der Waals surface area contributed by atoms with Crippen LogP contribution in [0.5, 0.6) is 0 Å². The molecule has 0 atom stereocenters. The highest BCUT2D eigenvalue weighted by molar-refractivity contribution is 9.10. The molecule has 0 saturated carbocycles. The van der Waals surface area contributed by atoms with Gasteiger partial charge in [-0.3, -0.25) is 0 Å². The first-order valence-corrected chi connectivity index (χ1v) is 6.28. The summed E-state index contributed by atoms with van der Waals surface area (Å²) in [5.41, 5.74) is 8.44. The lowest BCUT2D eigenvalue weighted by Crippen LogP contribution is -2.11. The van der Waals surface area contributed by atoms with Crippen LogP contribution in [0.1, 0.15) is 5.56 Å². The average molecular weight is 307 g/mol. The SMILES string of the molecule is NC(=S)c1ccccc1Nc1ccc(Br)cc1. The van der Waals surface area contributed by atoms with E-state index in [9.17, 15) is 0 Å². The number of benzene rings is 2. The van der Waals surface area contributed by atoms with Gasteiger partial charge in [-0.05, 0) is 36.4 Å². The van der Waals surface area contributed by atoms with Gasteiger partial charge in [0.2, 0.25) is 0 Å². The molecule has 17 heavy (non-hydrogen) atoms. The Hall–Kier alpha value is -1.39. The summed E-state index contributed by atoms with van der Waals surface area (Å²) in [6, 6.07) is 15.7. The Morgan fingerprint density at radius 2 is 1.71 bits per heavy atom. The van der Waals surface area contributed by atoms with Crippen LogP contribution in [0, 0.1) is 0 Å². The van der Waals surface area contributed by atoms with Gasteiger partial charge in [-0.1, -0.05) is 40.3 Å². The van der Waals surface area contributed by atoms with Crippen LogP contribution < -0.4 is 11.1 Å². The smallest absolute Gasteiger partial charge is 0.106 e. The van der Waals surface area contributed by atoms with E-state index in [2.05, 4.69) is 21.2 Å². The minimum Gasteiger partial charge on any atom is -0.389 e. The van der Waals surface area contributed by atoms with Crippen molar-refractivity contribution >= 4 is 44.5 Å². The van der Waals surface area contributed by atoms with E-state index in [1.54, 1.807) is 0 Å². The van der Waals surface area contributed by atoms with Crippen molar-refractivity contribution in [3.63, 3.8) is 0 Å². The molecule has 86 valence electrons. The second kappa shape index (κ2) is 5.29. The zero-order valence-electron chi connectivity index (χ0n) is 8.98. The molecule has 0 saturated heterocycles. The minimum absolute atomic E-state index is 0.394. The first-order chi connectivity index (χ1) is 8.16. The molecule has 0 radical (unpaired) electrons. The summed E-state index contributed by atoms with van der Waals surface area (Å²) in [7, 11) is 0. The van der Waals surface area contributed by atoms with Crippen molar-refractivity contribution in [2.75, 3.05) is 5.32 Å². The first kappa shape index (κ1) is 12.1. The molecule has 0 aromatic heterocycles. The molecule has 2 aromatic rings. The van der Waals surface area contributed by atoms with Crippen LogP contribution >= 0.6 is 28.1 Å². The monoisotopic (exact) mass is 306 g/mol. The normalized spacial score (nSPS) is 9.94. The molecule has 2 aromatic carbocycles. The Balaban J connectivity index is 2.30. The molecule has 2 nitrogen and oxygen atoms in total. The van der Waals surface area contributed by atoms with Crippen LogP contribution in [0.3, 0.4) is 0 Å². The number of halogens is 1. The van der Waals surface area contributed by atoms with Gasteiger partial charge in [-0.15, -0.1) is 0 Å². The summed E-state index contributed by atoms with van der Waals surface area (Å²) in [4.78, 5) is 0.394. The topological polar surface area (TPSA) is 38.0 Å². The van der Waals surface area contributed by atoms with Crippen molar-refractivity contribution in [2.45, 2.75) is 0 Å². The van der Waals surface area contributed by atoms with E-state index in [1.165, 1.54) is 0 Å². The summed E-state index contributed by atoms with van der Waals surface area (Å²) >= 11 is 8.42. The standard InChI is InChI=1S/C13H11BrN2S/c14-9-5-7-10(8-6-9)16-12-4-2-1-3-11(12)13(15)17/h1-8,16H,(H2,15,17). The summed E-state index contributed by atoms with van der Waals surface area (Å²) in [5, 5.41) is 3.29. The lowest BCUT2D eigenvalue weighted by Gasteiger charge is -2.10. The van der Waals surface area contributed by atoms with Crippen LogP contribution in [0.2, 0.25) is 0 Å². The van der Waals surface area contributed by atoms with E-state index >= 15 is 0 Å². The summed E-state index contributed by atoms with van der Waals surface area (Å²) < 4.78 is 1.05. The maximum absolute atomic E-state index is 5.68. The maximum Gasteiger partial charge on any atom is 0.106 e. The molecule has 0 aliphatic rings. The predicted octanol–water partition coefficient (Wildman–Crippen LogP) is 3.83. The number of rotatable bonds is 3. The van der Waals surface area contributed by atoms with Crippen LogP contribution in [-0.2, 0) is 0 Å². The van der Waals surface area contributed by atoms with E-state index in [-0.39, 0.29) is 0 Å². The highest BCUT2D eigenvalue weighted by Crippen LogP contribution is 2.22. The zero-order chi connectivity index (χ0) is 12.3. The van der Waals surface area contributed by atoms with E-state index in [1.807, 2.05) is 48.5 Å². The van der Waals surface area contributed by atoms with Gasteiger partial charge in [0.05, 0.1) is 0 Å². The molecule has 0 aliphatic heterocycles. The Bertz CT molecular complexity index is 537. The van der Waals surface area contributed by atoms with Gasteiger partial charge in [0.15, 0.2) is 0 Å². The lowest BCUT2D eigenvalue weighted by atomic mass is 10.1. The Kier molecular flexibility index (Phi) is 3.76. The number of thiocarbonyl (C=S) groups is 1. The number of nitrogens with one attached hydrogen (secondary N) is 1. The molecule has 0 aliphatic carbocycles. The van der Waals surface area contributed by atoms with Crippen LogP contribution in [-0.4, -0.2) is 4.99 Å². The third-order valence-corrected chi connectivity index (χ3v) is 3.06. The fraction of sp³-hybridized carbons (Fsp3) is 0. The highest BCUT2D eigenvalue weighted by Gasteiger charge is 2.03. The number of nitrogens with two attached hydrogens (primary N) is 1. The van der Waals surface area contributed by atoms with Gasteiger partial charge in [-0.25, -0.2) is 0 Å². The zero-order valence-corrected chi connectivity index (χ0v) is 11.4. The van der Waals surface area contributed by atoms with Crippen molar-refractivity contribution < 1.29 is 0 Å². The highest BCUT2D eigenvalue weighted by atomic mass is 79.9. The molecule has 0 fully saturated rings. The molecule has 0 heterocycles. The third kappa shape index (κ3) is 3.05. The number of para-hydroxylation sites is 1. The molecule has 0 amide bonds. The molecular weight excluding hydrogens is 296 g/mol. The van der Waals surface area contributed by atoms with E-state index in [0.717, 1.165) is 21.4 Å². The van der Waals surface area contributed by atoms with Crippen molar-refractivity contribution in [3.8, 4) is 0 Å². The summed E-state index contributed by atoms with van der Waals surface area (Å²) in [6.07, 6.45) is 0. The van der Waals surface area contributed by atoms with Crippen LogP contribution in [0.15, 0.2) is 53.0 Å². The third-order valence-electron chi connectivity index (χ3n) is 2.32. The van der Waals surface area contributed by atoms with E-state index in [0.29, 0.717) is 4.99 Å². The molecule has 0 spiro atoms. The van der Waals surface area contributed by atoms with Gasteiger partial charge < -0.3 is 11.1 Å². The fourth-order valence-corrected chi connectivity index (χ4v) is 1.94. The maximum atomic E-state index is 5.68. The Morgan fingerprint density at radius 1 is 1.06 bits per heavy atom. The van der Waals surface area contributed by atoms with Gasteiger partial charge in [-0.2, -0.15) is 0 Å². The molecule has 4 heteroatoms. The van der Waals surface area contributed by atoms with E-state index in [4.69, 9.17) is 18.0 Å². The Labute approximate surface area is 114 Å². The first-order valence-electron chi connectivity index (χ1n) is 5.08. The van der Waals surface area contributed by atoms with Crippen LogP contribution in [0.25, 0.3) is 0 Å². The average Bonchev–Trinajstić information content (AvgIpc) is 2.32. The predicted molar refractivity (Wildman–Crippen MR) is 79.8 cm³/mol. The fourth-order valence-electron chi connectivity index (χ4n) is 1.50.